The molecule has 0 saturated carbocycles. The van der Waals surface area contributed by atoms with Crippen molar-refractivity contribution in [3.63, 3.8) is 0 Å². The second-order valence-corrected chi connectivity index (χ2v) is 6.09. The van der Waals surface area contributed by atoms with E-state index in [1.54, 1.807) is 0 Å². The molecule has 0 aromatic heterocycles. The average Bonchev–Trinajstić information content (AvgIpc) is 2.74. The molecule has 0 spiro atoms. The van der Waals surface area contributed by atoms with Gasteiger partial charge < -0.3 is 19.8 Å². The van der Waals surface area contributed by atoms with E-state index in [4.69, 9.17) is 0 Å². The lowest BCUT2D eigenvalue weighted by Crippen LogP contribution is -2.39. The maximum atomic E-state index is 13.6. The molecule has 6 nitrogen and oxygen atoms in total. The van der Waals surface area contributed by atoms with Crippen molar-refractivity contribution in [3.8, 4) is 11.5 Å². The van der Waals surface area contributed by atoms with Gasteiger partial charge in [0.2, 0.25) is 34.9 Å². The zero-order valence-electron chi connectivity index (χ0n) is 16.6. The Bertz CT molecular complexity index is 997. The fraction of sp³-hybridized carbons (Fsp3) is 0.263. The highest BCUT2D eigenvalue weighted by Gasteiger charge is 2.26. The van der Waals surface area contributed by atoms with Gasteiger partial charge in [-0.25, -0.2) is 22.4 Å². The molecule has 33 heavy (non-hydrogen) atoms. The van der Waals surface area contributed by atoms with Crippen molar-refractivity contribution in [1.29, 1.82) is 0 Å². The minimum absolute atomic E-state index is 0. The van der Waals surface area contributed by atoms with Crippen LogP contribution in [0.15, 0.2) is 12.1 Å². The van der Waals surface area contributed by atoms with Crippen LogP contribution in [0.5, 0.6) is 11.5 Å². The van der Waals surface area contributed by atoms with E-state index in [0.717, 1.165) is 0 Å². The summed E-state index contributed by atoms with van der Waals surface area (Å²) in [4.78, 5) is 24.6. The SMILES string of the molecule is CCC(=O)N(CCOc1c(F)c(F)cc(F)c1F)CC(=O)Oc1c(F)c(F)cc(F)c1F.O. The van der Waals surface area contributed by atoms with Crippen LogP contribution in [0, 0.1) is 46.5 Å². The molecule has 0 aliphatic heterocycles. The van der Waals surface area contributed by atoms with Crippen LogP contribution in [0.1, 0.15) is 13.3 Å². The molecule has 0 heterocycles. The summed E-state index contributed by atoms with van der Waals surface area (Å²) in [5, 5.41) is 0. The van der Waals surface area contributed by atoms with Gasteiger partial charge in [0, 0.05) is 18.6 Å². The van der Waals surface area contributed by atoms with Gasteiger partial charge in [0.15, 0.2) is 29.0 Å². The lowest BCUT2D eigenvalue weighted by Gasteiger charge is -2.21. The van der Waals surface area contributed by atoms with Crippen molar-refractivity contribution >= 4 is 11.9 Å². The van der Waals surface area contributed by atoms with E-state index in [9.17, 15) is 44.7 Å². The molecule has 0 radical (unpaired) electrons. The fourth-order valence-corrected chi connectivity index (χ4v) is 2.39. The fourth-order valence-electron chi connectivity index (χ4n) is 2.39. The highest BCUT2D eigenvalue weighted by atomic mass is 19.2. The molecule has 0 atom stereocenters. The van der Waals surface area contributed by atoms with E-state index in [2.05, 4.69) is 9.47 Å². The Labute approximate surface area is 180 Å². The number of rotatable bonds is 8. The summed E-state index contributed by atoms with van der Waals surface area (Å²) in [5.74, 6) is -20.2. The zero-order chi connectivity index (χ0) is 24.2. The second-order valence-electron chi connectivity index (χ2n) is 6.09. The van der Waals surface area contributed by atoms with Crippen molar-refractivity contribution in [1.82, 2.24) is 4.90 Å². The molecule has 0 aliphatic carbocycles. The van der Waals surface area contributed by atoms with Crippen molar-refractivity contribution in [2.45, 2.75) is 13.3 Å². The molecule has 2 aromatic rings. The third kappa shape index (κ3) is 6.31. The summed E-state index contributed by atoms with van der Waals surface area (Å²) in [7, 11) is 0. The molecule has 0 fully saturated rings. The van der Waals surface area contributed by atoms with E-state index in [1.807, 2.05) is 0 Å². The molecular weight excluding hydrogens is 474 g/mol. The number of ether oxygens (including phenoxy) is 2. The first-order valence-corrected chi connectivity index (χ1v) is 8.75. The molecule has 0 saturated heterocycles. The van der Waals surface area contributed by atoms with Crippen LogP contribution in [0.4, 0.5) is 35.1 Å². The van der Waals surface area contributed by atoms with Gasteiger partial charge >= 0.3 is 5.97 Å². The van der Waals surface area contributed by atoms with Crippen LogP contribution in [0.2, 0.25) is 0 Å². The summed E-state index contributed by atoms with van der Waals surface area (Å²) < 4.78 is 116. The number of amides is 1. The first-order valence-electron chi connectivity index (χ1n) is 8.75. The van der Waals surface area contributed by atoms with E-state index in [0.29, 0.717) is 4.90 Å². The zero-order valence-corrected chi connectivity index (χ0v) is 16.6. The molecule has 1 amide bonds. The Hall–Kier alpha value is -3.42. The van der Waals surface area contributed by atoms with E-state index >= 15 is 0 Å². The van der Waals surface area contributed by atoms with E-state index in [1.165, 1.54) is 6.92 Å². The first kappa shape index (κ1) is 27.6. The summed E-state index contributed by atoms with van der Waals surface area (Å²) in [6.07, 6.45) is -0.220. The molecule has 0 bridgehead atoms. The van der Waals surface area contributed by atoms with Gasteiger partial charge in [0.25, 0.3) is 0 Å². The monoisotopic (exact) mass is 489 g/mol. The van der Waals surface area contributed by atoms with Gasteiger partial charge in [-0.2, -0.15) is 17.6 Å². The largest absolute Gasteiger partial charge is 0.486 e. The predicted octanol–water partition coefficient (Wildman–Crippen LogP) is 3.20. The van der Waals surface area contributed by atoms with Crippen molar-refractivity contribution in [2.75, 3.05) is 19.7 Å². The smallest absolute Gasteiger partial charge is 0.331 e. The number of hydrogen-bond acceptors (Lipinski definition) is 4. The average molecular weight is 489 g/mol. The molecular formula is C19H15F8NO5. The van der Waals surface area contributed by atoms with Crippen LogP contribution in [0.3, 0.4) is 0 Å². The molecule has 0 aliphatic rings. The maximum absolute atomic E-state index is 13.6. The molecule has 182 valence electrons. The Morgan fingerprint density at radius 3 is 1.64 bits per heavy atom. The molecule has 0 unspecified atom stereocenters. The van der Waals surface area contributed by atoms with E-state index < -0.39 is 89.6 Å². The maximum Gasteiger partial charge on any atom is 0.331 e. The Morgan fingerprint density at radius 1 is 0.788 bits per heavy atom. The van der Waals surface area contributed by atoms with Crippen LogP contribution >= 0.6 is 0 Å². The van der Waals surface area contributed by atoms with Crippen molar-refractivity contribution in [3.05, 3.63) is 58.7 Å². The molecule has 2 aromatic carbocycles. The minimum Gasteiger partial charge on any atom is -0.486 e. The van der Waals surface area contributed by atoms with Gasteiger partial charge in [-0.15, -0.1) is 0 Å². The highest BCUT2D eigenvalue weighted by molar-refractivity contribution is 5.82. The van der Waals surface area contributed by atoms with Crippen molar-refractivity contribution < 1.29 is 59.7 Å². The second kappa shape index (κ2) is 11.4. The Morgan fingerprint density at radius 2 is 1.21 bits per heavy atom. The number of benzene rings is 2. The molecule has 2 N–H and O–H groups in total. The van der Waals surface area contributed by atoms with Crippen molar-refractivity contribution in [2.24, 2.45) is 0 Å². The van der Waals surface area contributed by atoms with Crippen LogP contribution in [0.25, 0.3) is 0 Å². The number of nitrogens with zero attached hydrogens (tertiary/aromatic N) is 1. The van der Waals surface area contributed by atoms with Gasteiger partial charge in [0.05, 0.1) is 6.54 Å². The minimum atomic E-state index is -1.99. The summed E-state index contributed by atoms with van der Waals surface area (Å²) >= 11 is 0. The summed E-state index contributed by atoms with van der Waals surface area (Å²) in [6.45, 7) is -1.03. The highest BCUT2D eigenvalue weighted by Crippen LogP contribution is 2.27. The first-order chi connectivity index (χ1) is 15.0. The Kier molecular flexibility index (Phi) is 9.58. The third-order valence-electron chi connectivity index (χ3n) is 3.94. The molecule has 2 rings (SSSR count). The van der Waals surface area contributed by atoms with Gasteiger partial charge in [-0.3, -0.25) is 4.79 Å². The van der Waals surface area contributed by atoms with Gasteiger partial charge in [0.1, 0.15) is 13.2 Å². The predicted molar refractivity (Wildman–Crippen MR) is 94.2 cm³/mol. The van der Waals surface area contributed by atoms with Gasteiger partial charge in [-0.1, -0.05) is 6.92 Å². The number of esters is 1. The number of carbonyl (C=O) groups excluding carboxylic acids is 2. The Balaban J connectivity index is 0.00000544. The van der Waals surface area contributed by atoms with Crippen LogP contribution in [-0.4, -0.2) is 41.9 Å². The standard InChI is InChI=1S/C19H13F8NO4.H2O/c1-2-12(29)28(3-4-31-18-14(24)8(20)5-9(21)15(18)25)7-13(30)32-19-16(26)10(22)6-11(23)17(19)27;/h5-6H,2-4,7H2,1H3;1H2. The summed E-state index contributed by atoms with van der Waals surface area (Å²) in [5.41, 5.74) is 0. The quantitative estimate of drug-likeness (QED) is 0.247. The lowest BCUT2D eigenvalue weighted by molar-refractivity contribution is -0.143. The normalized spacial score (nSPS) is 10.5. The lowest BCUT2D eigenvalue weighted by atomic mass is 10.3. The topological polar surface area (TPSA) is 87.3 Å². The summed E-state index contributed by atoms with van der Waals surface area (Å²) in [6, 6.07) is -0.159. The van der Waals surface area contributed by atoms with Crippen LogP contribution in [-0.2, 0) is 9.59 Å². The van der Waals surface area contributed by atoms with Gasteiger partial charge in [-0.05, 0) is 0 Å². The number of hydrogen-bond donors (Lipinski definition) is 0. The third-order valence-corrected chi connectivity index (χ3v) is 3.94. The number of carbonyl (C=O) groups is 2. The van der Waals surface area contributed by atoms with E-state index in [-0.39, 0.29) is 24.0 Å². The van der Waals surface area contributed by atoms with Crippen LogP contribution < -0.4 is 9.47 Å². The number of halogens is 8. The molecule has 14 heteroatoms.